The maximum atomic E-state index is 13.5. The minimum absolute atomic E-state index is 0.0419. The van der Waals surface area contributed by atoms with Crippen LogP contribution in [0.1, 0.15) is 44.1 Å². The highest BCUT2D eigenvalue weighted by atomic mass is 16.2. The number of pyridine rings is 1. The summed E-state index contributed by atoms with van der Waals surface area (Å²) in [6.45, 7) is 3.04. The molecule has 0 atom stereocenters. The molecule has 5 aliphatic rings. The summed E-state index contributed by atoms with van der Waals surface area (Å²) in [5, 5.41) is 9.30. The van der Waals surface area contributed by atoms with Crippen molar-refractivity contribution >= 4 is 11.7 Å². The van der Waals surface area contributed by atoms with Gasteiger partial charge in [0.1, 0.15) is 11.9 Å². The third kappa shape index (κ3) is 2.50. The molecule has 0 N–H and O–H groups in total. The molecule has 0 unspecified atom stereocenters. The van der Waals surface area contributed by atoms with Gasteiger partial charge >= 0.3 is 0 Å². The molecule has 5 nitrogen and oxygen atoms in total. The minimum atomic E-state index is -0.0419. The lowest BCUT2D eigenvalue weighted by Crippen LogP contribution is -2.58. The fraction of sp³-hybridized carbons (Fsp3) is 0.667. The molecule has 4 aliphatic carbocycles. The molecular weight excluding hydrogens is 324 g/mol. The first-order chi connectivity index (χ1) is 12.7. The molecule has 26 heavy (non-hydrogen) atoms. The van der Waals surface area contributed by atoms with Crippen LogP contribution < -0.4 is 4.90 Å². The molecule has 5 fully saturated rings. The monoisotopic (exact) mass is 350 g/mol. The maximum Gasteiger partial charge on any atom is 0.228 e. The maximum absolute atomic E-state index is 13.5. The van der Waals surface area contributed by atoms with Crippen LogP contribution in [0.4, 0.5) is 5.82 Å². The molecule has 6 rings (SSSR count). The first-order valence-corrected chi connectivity index (χ1v) is 10.1. The molecule has 0 radical (unpaired) electrons. The average Bonchev–Trinajstić information content (AvgIpc) is 2.66. The number of hydrogen-bond acceptors (Lipinski definition) is 4. The van der Waals surface area contributed by atoms with E-state index in [-0.39, 0.29) is 5.41 Å². The predicted octanol–water partition coefficient (Wildman–Crippen LogP) is 2.82. The fourth-order valence-corrected chi connectivity index (χ4v) is 6.57. The predicted molar refractivity (Wildman–Crippen MR) is 98.4 cm³/mol. The Hall–Kier alpha value is -2.09. The summed E-state index contributed by atoms with van der Waals surface area (Å²) in [6.07, 6.45) is 9.26. The van der Waals surface area contributed by atoms with Crippen LogP contribution in [0.15, 0.2) is 18.3 Å². The van der Waals surface area contributed by atoms with E-state index < -0.39 is 0 Å². The molecule has 1 aromatic heterocycles. The molecule has 2 heterocycles. The van der Waals surface area contributed by atoms with Crippen molar-refractivity contribution in [2.45, 2.75) is 38.5 Å². The second-order valence-electron chi connectivity index (χ2n) is 8.96. The highest BCUT2D eigenvalue weighted by Crippen LogP contribution is 2.60. The van der Waals surface area contributed by atoms with Gasteiger partial charge in [-0.15, -0.1) is 0 Å². The first-order valence-electron chi connectivity index (χ1n) is 10.1. The number of carbonyl (C=O) groups is 1. The molecular formula is C21H26N4O. The minimum Gasteiger partial charge on any atom is -0.352 e. The molecule has 1 aliphatic heterocycles. The highest BCUT2D eigenvalue weighted by Gasteiger charge is 2.55. The van der Waals surface area contributed by atoms with Gasteiger partial charge in [0.05, 0.1) is 11.0 Å². The number of rotatable bonds is 2. The zero-order valence-corrected chi connectivity index (χ0v) is 15.2. The van der Waals surface area contributed by atoms with Crippen LogP contribution in [0.2, 0.25) is 0 Å². The molecule has 1 aromatic rings. The zero-order chi connectivity index (χ0) is 17.7. The van der Waals surface area contributed by atoms with Crippen LogP contribution in [0.5, 0.6) is 0 Å². The lowest BCUT2D eigenvalue weighted by Gasteiger charge is -2.57. The van der Waals surface area contributed by atoms with Crippen LogP contribution in [-0.4, -0.2) is 42.0 Å². The van der Waals surface area contributed by atoms with Crippen molar-refractivity contribution in [1.82, 2.24) is 9.88 Å². The fourth-order valence-electron chi connectivity index (χ4n) is 6.57. The molecule has 136 valence electrons. The molecule has 4 bridgehead atoms. The molecule has 1 amide bonds. The van der Waals surface area contributed by atoms with Crippen LogP contribution in [-0.2, 0) is 4.79 Å². The van der Waals surface area contributed by atoms with Crippen LogP contribution in [0.25, 0.3) is 0 Å². The number of aromatic nitrogens is 1. The van der Waals surface area contributed by atoms with Gasteiger partial charge in [-0.2, -0.15) is 5.26 Å². The quantitative estimate of drug-likeness (QED) is 0.823. The largest absolute Gasteiger partial charge is 0.352 e. The van der Waals surface area contributed by atoms with E-state index in [9.17, 15) is 10.1 Å². The van der Waals surface area contributed by atoms with Crippen LogP contribution in [0, 0.1) is 34.5 Å². The molecule has 4 saturated carbocycles. The Kier molecular flexibility index (Phi) is 3.70. The molecule has 1 saturated heterocycles. The van der Waals surface area contributed by atoms with E-state index in [0.717, 1.165) is 69.0 Å². The number of nitriles is 1. The lowest BCUT2D eigenvalue weighted by atomic mass is 9.49. The standard InChI is InChI=1S/C21H26N4O/c22-14-18-2-1-3-23-19(18)24-4-6-25(7-5-24)20(26)21-11-15-8-16(12-21)10-17(9-15)13-21/h1-3,15-17H,4-13H2. The Balaban J connectivity index is 1.29. The average molecular weight is 350 g/mol. The SMILES string of the molecule is N#Cc1cccnc1N1CCN(C(=O)C23CC4CC(CC(C4)C2)C3)CC1. The van der Waals surface area contributed by atoms with E-state index in [1.54, 1.807) is 12.3 Å². The lowest BCUT2D eigenvalue weighted by molar-refractivity contribution is -0.158. The van der Waals surface area contributed by atoms with Crippen molar-refractivity contribution in [3.8, 4) is 6.07 Å². The van der Waals surface area contributed by atoms with Gasteiger partial charge in [0.2, 0.25) is 5.91 Å². The van der Waals surface area contributed by atoms with Gasteiger partial charge in [0.25, 0.3) is 0 Å². The summed E-state index contributed by atoms with van der Waals surface area (Å²) in [5.74, 6) is 3.60. The third-order valence-corrected chi connectivity index (χ3v) is 7.27. The van der Waals surface area contributed by atoms with Crippen molar-refractivity contribution in [3.63, 3.8) is 0 Å². The summed E-state index contributed by atoms with van der Waals surface area (Å²) < 4.78 is 0. The summed E-state index contributed by atoms with van der Waals surface area (Å²) in [5.41, 5.74) is 0.577. The normalized spacial score (nSPS) is 35.4. The first kappa shape index (κ1) is 16.1. The number of anilines is 1. The van der Waals surface area contributed by atoms with Gasteiger partial charge in [-0.25, -0.2) is 4.98 Å². The van der Waals surface area contributed by atoms with E-state index in [0.29, 0.717) is 11.5 Å². The van der Waals surface area contributed by atoms with Gasteiger partial charge in [-0.05, 0) is 68.4 Å². The van der Waals surface area contributed by atoms with Gasteiger partial charge in [0.15, 0.2) is 0 Å². The van der Waals surface area contributed by atoms with Gasteiger partial charge in [-0.3, -0.25) is 4.79 Å². The van der Waals surface area contributed by atoms with Crippen LogP contribution >= 0.6 is 0 Å². The Morgan fingerprint density at radius 1 is 1.08 bits per heavy atom. The van der Waals surface area contributed by atoms with Crippen molar-refractivity contribution in [1.29, 1.82) is 5.26 Å². The number of piperazine rings is 1. The van der Waals surface area contributed by atoms with Crippen molar-refractivity contribution in [3.05, 3.63) is 23.9 Å². The van der Waals surface area contributed by atoms with E-state index in [1.807, 2.05) is 6.07 Å². The summed E-state index contributed by atoms with van der Waals surface area (Å²) in [7, 11) is 0. The van der Waals surface area contributed by atoms with Crippen molar-refractivity contribution in [2.24, 2.45) is 23.2 Å². The Labute approximate surface area is 155 Å². The highest BCUT2D eigenvalue weighted by molar-refractivity contribution is 5.83. The van der Waals surface area contributed by atoms with Crippen molar-refractivity contribution < 1.29 is 4.79 Å². The topological polar surface area (TPSA) is 60.2 Å². The molecule has 5 heteroatoms. The Morgan fingerprint density at radius 2 is 1.69 bits per heavy atom. The number of carbonyl (C=O) groups excluding carboxylic acids is 1. The number of nitrogens with zero attached hydrogens (tertiary/aromatic N) is 4. The Bertz CT molecular complexity index is 724. The molecule has 0 aromatic carbocycles. The third-order valence-electron chi connectivity index (χ3n) is 7.27. The second-order valence-corrected chi connectivity index (χ2v) is 8.96. The van der Waals surface area contributed by atoms with E-state index >= 15 is 0 Å². The summed E-state index contributed by atoms with van der Waals surface area (Å²) in [6, 6.07) is 5.85. The summed E-state index contributed by atoms with van der Waals surface area (Å²) >= 11 is 0. The van der Waals surface area contributed by atoms with E-state index in [4.69, 9.17) is 0 Å². The molecule has 0 spiro atoms. The van der Waals surface area contributed by atoms with Crippen molar-refractivity contribution in [2.75, 3.05) is 31.1 Å². The van der Waals surface area contributed by atoms with Gasteiger partial charge in [0, 0.05) is 32.4 Å². The second kappa shape index (κ2) is 5.97. The Morgan fingerprint density at radius 3 is 2.27 bits per heavy atom. The number of hydrogen-bond donors (Lipinski definition) is 0. The van der Waals surface area contributed by atoms with E-state index in [2.05, 4.69) is 20.9 Å². The van der Waals surface area contributed by atoms with Crippen LogP contribution in [0.3, 0.4) is 0 Å². The summed E-state index contributed by atoms with van der Waals surface area (Å²) in [4.78, 5) is 22.1. The smallest absolute Gasteiger partial charge is 0.228 e. The zero-order valence-electron chi connectivity index (χ0n) is 15.2. The van der Waals surface area contributed by atoms with Gasteiger partial charge in [-0.1, -0.05) is 0 Å². The number of amides is 1. The van der Waals surface area contributed by atoms with Gasteiger partial charge < -0.3 is 9.80 Å². The van der Waals surface area contributed by atoms with E-state index in [1.165, 1.54) is 19.3 Å².